The molecule has 0 saturated heterocycles. The van der Waals surface area contributed by atoms with E-state index in [1.54, 1.807) is 30.9 Å². The molecule has 0 aliphatic rings. The van der Waals surface area contributed by atoms with E-state index < -0.39 is 0 Å². The zero-order valence-corrected chi connectivity index (χ0v) is 11.2. The number of nitrogens with zero attached hydrogens (tertiary/aromatic N) is 3. The fourth-order valence-corrected chi connectivity index (χ4v) is 2.11. The molecule has 4 nitrogen and oxygen atoms in total. The summed E-state index contributed by atoms with van der Waals surface area (Å²) in [5.41, 5.74) is 2.17. The molecule has 0 aliphatic heterocycles. The summed E-state index contributed by atoms with van der Waals surface area (Å²) >= 11 is 12.2. The van der Waals surface area contributed by atoms with Gasteiger partial charge in [0.25, 0.3) is 0 Å². The van der Waals surface area contributed by atoms with Gasteiger partial charge in [0, 0.05) is 24.2 Å². The first-order valence-corrected chi connectivity index (χ1v) is 6.27. The van der Waals surface area contributed by atoms with E-state index in [9.17, 15) is 0 Å². The SMILES string of the molecule is Clc1cccc(-c2c[nH]c(-c3cnccn3)n2)c1Cl. The molecule has 2 aromatic heterocycles. The minimum absolute atomic E-state index is 0.487. The third-order valence-corrected chi connectivity index (χ3v) is 3.43. The molecular formula is C13H8Cl2N4. The number of halogens is 2. The first-order valence-electron chi connectivity index (χ1n) is 5.52. The van der Waals surface area contributed by atoms with Crippen molar-refractivity contribution in [3.63, 3.8) is 0 Å². The molecule has 0 unspecified atom stereocenters. The quantitative estimate of drug-likeness (QED) is 0.780. The van der Waals surface area contributed by atoms with Crippen molar-refractivity contribution in [1.29, 1.82) is 0 Å². The van der Waals surface area contributed by atoms with Crippen LogP contribution >= 0.6 is 23.2 Å². The van der Waals surface area contributed by atoms with Gasteiger partial charge in [0.05, 0.1) is 21.9 Å². The second-order valence-corrected chi connectivity index (χ2v) is 4.61. The van der Waals surface area contributed by atoms with E-state index >= 15 is 0 Å². The van der Waals surface area contributed by atoms with Gasteiger partial charge in [-0.05, 0) is 6.07 Å². The number of imidazole rings is 1. The largest absolute Gasteiger partial charge is 0.343 e. The third-order valence-electron chi connectivity index (χ3n) is 2.61. The second-order valence-electron chi connectivity index (χ2n) is 3.83. The maximum Gasteiger partial charge on any atom is 0.158 e. The molecular weight excluding hydrogens is 283 g/mol. The van der Waals surface area contributed by atoms with E-state index in [-0.39, 0.29) is 0 Å². The lowest BCUT2D eigenvalue weighted by Crippen LogP contribution is -1.86. The Morgan fingerprint density at radius 3 is 2.74 bits per heavy atom. The van der Waals surface area contributed by atoms with Gasteiger partial charge in [-0.25, -0.2) is 9.97 Å². The third kappa shape index (κ3) is 2.32. The fourth-order valence-electron chi connectivity index (χ4n) is 1.71. The van der Waals surface area contributed by atoms with E-state index in [4.69, 9.17) is 23.2 Å². The maximum atomic E-state index is 6.17. The molecule has 3 aromatic rings. The lowest BCUT2D eigenvalue weighted by Gasteiger charge is -2.01. The van der Waals surface area contributed by atoms with Crippen LogP contribution in [0.3, 0.4) is 0 Å². The van der Waals surface area contributed by atoms with Crippen LogP contribution in [0.15, 0.2) is 43.0 Å². The zero-order valence-electron chi connectivity index (χ0n) is 9.64. The Morgan fingerprint density at radius 1 is 1.05 bits per heavy atom. The van der Waals surface area contributed by atoms with Gasteiger partial charge in [0.15, 0.2) is 5.82 Å². The number of aromatic nitrogens is 4. The van der Waals surface area contributed by atoms with Gasteiger partial charge in [0.1, 0.15) is 5.69 Å². The Labute approximate surface area is 119 Å². The topological polar surface area (TPSA) is 54.5 Å². The molecule has 2 heterocycles. The van der Waals surface area contributed by atoms with E-state index in [0.29, 0.717) is 27.3 Å². The molecule has 0 aliphatic carbocycles. The highest BCUT2D eigenvalue weighted by Gasteiger charge is 2.11. The molecule has 3 rings (SSSR count). The molecule has 19 heavy (non-hydrogen) atoms. The Kier molecular flexibility index (Phi) is 3.19. The molecule has 94 valence electrons. The number of benzene rings is 1. The average molecular weight is 291 g/mol. The molecule has 1 aromatic carbocycles. The summed E-state index contributed by atoms with van der Waals surface area (Å²) in [5.74, 6) is 0.638. The molecule has 1 N–H and O–H groups in total. The van der Waals surface area contributed by atoms with Crippen molar-refractivity contribution in [2.24, 2.45) is 0 Å². The minimum atomic E-state index is 0.487. The highest BCUT2D eigenvalue weighted by atomic mass is 35.5. The van der Waals surface area contributed by atoms with Crippen LogP contribution in [-0.2, 0) is 0 Å². The molecule has 0 bridgehead atoms. The van der Waals surface area contributed by atoms with Crippen molar-refractivity contribution < 1.29 is 0 Å². The molecule has 0 saturated carbocycles. The van der Waals surface area contributed by atoms with Crippen LogP contribution in [-0.4, -0.2) is 19.9 Å². The van der Waals surface area contributed by atoms with E-state index in [2.05, 4.69) is 19.9 Å². The molecule has 0 spiro atoms. The molecule has 0 fully saturated rings. The van der Waals surface area contributed by atoms with E-state index in [1.807, 2.05) is 12.1 Å². The lowest BCUT2D eigenvalue weighted by atomic mass is 10.2. The van der Waals surface area contributed by atoms with Gasteiger partial charge >= 0.3 is 0 Å². The van der Waals surface area contributed by atoms with Gasteiger partial charge in [-0.1, -0.05) is 35.3 Å². The van der Waals surface area contributed by atoms with Gasteiger partial charge in [-0.3, -0.25) is 4.98 Å². The van der Waals surface area contributed by atoms with Crippen molar-refractivity contribution in [3.05, 3.63) is 53.0 Å². The van der Waals surface area contributed by atoms with Gasteiger partial charge in [-0.2, -0.15) is 0 Å². The highest BCUT2D eigenvalue weighted by Crippen LogP contribution is 2.33. The Hall–Kier alpha value is -1.91. The first kappa shape index (κ1) is 12.1. The van der Waals surface area contributed by atoms with Crippen molar-refractivity contribution in [3.8, 4) is 22.8 Å². The molecule has 0 amide bonds. The van der Waals surface area contributed by atoms with Crippen LogP contribution in [0.2, 0.25) is 10.0 Å². The number of hydrogen-bond acceptors (Lipinski definition) is 3. The van der Waals surface area contributed by atoms with Crippen molar-refractivity contribution in [2.75, 3.05) is 0 Å². The smallest absolute Gasteiger partial charge is 0.158 e. The summed E-state index contributed by atoms with van der Waals surface area (Å²) in [5, 5.41) is 0.990. The summed E-state index contributed by atoms with van der Waals surface area (Å²) < 4.78 is 0. The molecule has 0 atom stereocenters. The van der Waals surface area contributed by atoms with Crippen LogP contribution in [0.1, 0.15) is 0 Å². The second kappa shape index (κ2) is 4.99. The van der Waals surface area contributed by atoms with Gasteiger partial charge in [-0.15, -0.1) is 0 Å². The van der Waals surface area contributed by atoms with E-state index in [0.717, 1.165) is 5.56 Å². The lowest BCUT2D eigenvalue weighted by molar-refractivity contribution is 1.16. The van der Waals surface area contributed by atoms with Crippen LogP contribution in [0.5, 0.6) is 0 Å². The predicted molar refractivity (Wildman–Crippen MR) is 75.1 cm³/mol. The van der Waals surface area contributed by atoms with Crippen molar-refractivity contribution in [1.82, 2.24) is 19.9 Å². The standard InChI is InChI=1S/C13H8Cl2N4/c14-9-3-1-2-8(12(9)15)10-7-18-13(19-10)11-6-16-4-5-17-11/h1-7H,(H,18,19). The van der Waals surface area contributed by atoms with Crippen LogP contribution in [0, 0.1) is 0 Å². The Balaban J connectivity index is 2.05. The van der Waals surface area contributed by atoms with Crippen molar-refractivity contribution >= 4 is 23.2 Å². The Bertz CT molecular complexity index is 710. The van der Waals surface area contributed by atoms with Gasteiger partial charge < -0.3 is 4.98 Å². The summed E-state index contributed by atoms with van der Waals surface area (Å²) in [6.45, 7) is 0. The van der Waals surface area contributed by atoms with Crippen LogP contribution in [0.25, 0.3) is 22.8 Å². The maximum absolute atomic E-state index is 6.17. The fraction of sp³-hybridized carbons (Fsp3) is 0. The molecule has 6 heteroatoms. The summed E-state index contributed by atoms with van der Waals surface area (Å²) in [6.07, 6.45) is 6.63. The first-order chi connectivity index (χ1) is 9.25. The normalized spacial score (nSPS) is 10.6. The summed E-state index contributed by atoms with van der Waals surface area (Å²) in [6, 6.07) is 5.44. The van der Waals surface area contributed by atoms with E-state index in [1.165, 1.54) is 0 Å². The summed E-state index contributed by atoms with van der Waals surface area (Å²) in [4.78, 5) is 15.7. The van der Waals surface area contributed by atoms with Crippen LogP contribution in [0.4, 0.5) is 0 Å². The number of rotatable bonds is 2. The van der Waals surface area contributed by atoms with Crippen molar-refractivity contribution in [2.45, 2.75) is 0 Å². The number of nitrogens with one attached hydrogen (secondary N) is 1. The number of aromatic amines is 1. The molecule has 0 radical (unpaired) electrons. The number of H-pyrrole nitrogens is 1. The predicted octanol–water partition coefficient (Wildman–Crippen LogP) is 3.84. The average Bonchev–Trinajstić information content (AvgIpc) is 2.92. The van der Waals surface area contributed by atoms with Gasteiger partial charge in [0.2, 0.25) is 0 Å². The highest BCUT2D eigenvalue weighted by molar-refractivity contribution is 6.43. The van der Waals surface area contributed by atoms with Crippen LogP contribution < -0.4 is 0 Å². The zero-order chi connectivity index (χ0) is 13.2. The number of hydrogen-bond donors (Lipinski definition) is 1. The Morgan fingerprint density at radius 2 is 1.95 bits per heavy atom. The summed E-state index contributed by atoms with van der Waals surface area (Å²) in [7, 11) is 0. The monoisotopic (exact) mass is 290 g/mol. The minimum Gasteiger partial charge on any atom is -0.343 e.